The molecule has 0 saturated carbocycles. The van der Waals surface area contributed by atoms with Crippen molar-refractivity contribution in [1.82, 2.24) is 9.97 Å². The molecule has 0 aliphatic carbocycles. The van der Waals surface area contributed by atoms with E-state index in [4.69, 9.17) is 0 Å². The molecule has 1 saturated heterocycles. The molecule has 1 fully saturated rings. The molecule has 2 rings (SSSR count). The van der Waals surface area contributed by atoms with E-state index >= 15 is 0 Å². The minimum atomic E-state index is 0.837. The van der Waals surface area contributed by atoms with E-state index in [1.165, 1.54) is 17.9 Å². The van der Waals surface area contributed by atoms with Crippen LogP contribution in [0.5, 0.6) is 0 Å². The lowest BCUT2D eigenvalue weighted by atomic mass is 10.4. The lowest BCUT2D eigenvalue weighted by Gasteiger charge is -2.20. The van der Waals surface area contributed by atoms with E-state index in [0.29, 0.717) is 0 Å². The predicted octanol–water partition coefficient (Wildman–Crippen LogP) is 1.46. The van der Waals surface area contributed by atoms with Crippen LogP contribution in [-0.4, -0.2) is 41.6 Å². The van der Waals surface area contributed by atoms with E-state index < -0.39 is 0 Å². The van der Waals surface area contributed by atoms with Gasteiger partial charge < -0.3 is 10.2 Å². The van der Waals surface area contributed by atoms with Gasteiger partial charge in [0.15, 0.2) is 0 Å². The Morgan fingerprint density at radius 1 is 1.33 bits per heavy atom. The normalized spacial score (nSPS) is 17.3. The van der Waals surface area contributed by atoms with Gasteiger partial charge in [-0.25, -0.2) is 4.98 Å². The maximum atomic E-state index is 4.50. The van der Waals surface area contributed by atoms with Gasteiger partial charge in [0, 0.05) is 25.9 Å². The maximum absolute atomic E-state index is 4.50. The first-order valence-corrected chi connectivity index (χ1v) is 6.38. The minimum Gasteiger partial charge on any atom is -0.372 e. The summed E-state index contributed by atoms with van der Waals surface area (Å²) in [6, 6.07) is 0. The van der Waals surface area contributed by atoms with E-state index in [1.807, 2.05) is 25.0 Å². The molecule has 1 aromatic rings. The maximum Gasteiger partial charge on any atom is 0.149 e. The molecule has 2 heterocycles. The van der Waals surface area contributed by atoms with Crippen LogP contribution in [0.4, 0.5) is 11.6 Å². The molecule has 1 N–H and O–H groups in total. The number of hydrogen-bond donors (Lipinski definition) is 1. The van der Waals surface area contributed by atoms with Gasteiger partial charge in [-0.05, 0) is 12.2 Å². The Kier molecular flexibility index (Phi) is 3.66. The Morgan fingerprint density at radius 2 is 2.27 bits per heavy atom. The number of nitrogens with zero attached hydrogens (tertiary/aromatic N) is 3. The molecule has 5 heteroatoms. The van der Waals surface area contributed by atoms with E-state index in [2.05, 4.69) is 20.2 Å². The van der Waals surface area contributed by atoms with E-state index in [0.717, 1.165) is 24.7 Å². The Labute approximate surface area is 94.5 Å². The van der Waals surface area contributed by atoms with Crippen molar-refractivity contribution in [3.8, 4) is 0 Å². The van der Waals surface area contributed by atoms with Crippen molar-refractivity contribution in [2.75, 3.05) is 41.9 Å². The van der Waals surface area contributed by atoms with Crippen LogP contribution < -0.4 is 10.2 Å². The second kappa shape index (κ2) is 5.21. The number of nitrogens with one attached hydrogen (secondary N) is 1. The Balaban J connectivity index is 2.12. The molecule has 0 bridgehead atoms. The fraction of sp³-hybridized carbons (Fsp3) is 0.600. The summed E-state index contributed by atoms with van der Waals surface area (Å²) in [5.41, 5.74) is 0. The number of hydrogen-bond acceptors (Lipinski definition) is 5. The quantitative estimate of drug-likeness (QED) is 0.823. The average molecular weight is 224 g/mol. The third-order valence-electron chi connectivity index (χ3n) is 2.42. The summed E-state index contributed by atoms with van der Waals surface area (Å²) in [6.07, 6.45) is 4.82. The Bertz CT molecular complexity index is 310. The average Bonchev–Trinajstić information content (AvgIpc) is 2.58. The minimum absolute atomic E-state index is 0.837. The zero-order chi connectivity index (χ0) is 10.5. The summed E-state index contributed by atoms with van der Waals surface area (Å²) in [5, 5.41) is 3.02. The number of thioether (sulfide) groups is 1. The highest BCUT2D eigenvalue weighted by atomic mass is 32.2. The lowest BCUT2D eigenvalue weighted by Crippen LogP contribution is -2.26. The highest BCUT2D eigenvalue weighted by Crippen LogP contribution is 2.17. The first kappa shape index (κ1) is 10.5. The fourth-order valence-corrected chi connectivity index (χ4v) is 2.49. The first-order chi connectivity index (χ1) is 7.40. The second-order valence-corrected chi connectivity index (χ2v) is 4.69. The summed E-state index contributed by atoms with van der Waals surface area (Å²) < 4.78 is 0. The van der Waals surface area contributed by atoms with Crippen LogP contribution in [0.2, 0.25) is 0 Å². The monoisotopic (exact) mass is 224 g/mol. The first-order valence-electron chi connectivity index (χ1n) is 5.22. The molecule has 0 amide bonds. The topological polar surface area (TPSA) is 41.1 Å². The molecule has 0 aromatic carbocycles. The number of anilines is 2. The van der Waals surface area contributed by atoms with Crippen LogP contribution in [-0.2, 0) is 0 Å². The molecule has 82 valence electrons. The zero-order valence-electron chi connectivity index (χ0n) is 8.94. The van der Waals surface area contributed by atoms with Crippen LogP contribution in [0.3, 0.4) is 0 Å². The van der Waals surface area contributed by atoms with Gasteiger partial charge >= 0.3 is 0 Å². The van der Waals surface area contributed by atoms with Gasteiger partial charge in [0.05, 0.1) is 12.4 Å². The molecule has 1 aliphatic rings. The smallest absolute Gasteiger partial charge is 0.149 e. The van der Waals surface area contributed by atoms with Gasteiger partial charge in [-0.3, -0.25) is 4.98 Å². The van der Waals surface area contributed by atoms with Gasteiger partial charge in [0.25, 0.3) is 0 Å². The van der Waals surface area contributed by atoms with Crippen molar-refractivity contribution in [1.29, 1.82) is 0 Å². The highest BCUT2D eigenvalue weighted by Gasteiger charge is 2.11. The third-order valence-corrected chi connectivity index (χ3v) is 3.47. The van der Waals surface area contributed by atoms with Crippen molar-refractivity contribution >= 4 is 23.4 Å². The molecule has 1 aromatic heterocycles. The van der Waals surface area contributed by atoms with Crippen molar-refractivity contribution in [2.24, 2.45) is 0 Å². The predicted molar refractivity (Wildman–Crippen MR) is 65.7 cm³/mol. The molecular weight excluding hydrogens is 208 g/mol. The summed E-state index contributed by atoms with van der Waals surface area (Å²) >= 11 is 2.02. The lowest BCUT2D eigenvalue weighted by molar-refractivity contribution is 0.798. The van der Waals surface area contributed by atoms with Gasteiger partial charge in [-0.2, -0.15) is 11.8 Å². The van der Waals surface area contributed by atoms with E-state index in [9.17, 15) is 0 Å². The zero-order valence-corrected chi connectivity index (χ0v) is 9.76. The number of aromatic nitrogens is 2. The summed E-state index contributed by atoms with van der Waals surface area (Å²) in [7, 11) is 1.87. The molecule has 0 spiro atoms. The van der Waals surface area contributed by atoms with Crippen molar-refractivity contribution < 1.29 is 0 Å². The largest absolute Gasteiger partial charge is 0.372 e. The summed E-state index contributed by atoms with van der Waals surface area (Å²) in [5.74, 6) is 4.27. The molecule has 0 unspecified atom stereocenters. The van der Waals surface area contributed by atoms with Crippen LogP contribution in [0, 0.1) is 0 Å². The standard InChI is InChI=1S/C10H16N4S/c1-11-9-7-12-8-10(13-9)14-3-2-5-15-6-4-14/h7-8H,2-6H2,1H3,(H,11,13). The van der Waals surface area contributed by atoms with Crippen LogP contribution in [0.25, 0.3) is 0 Å². The van der Waals surface area contributed by atoms with Crippen molar-refractivity contribution in [3.05, 3.63) is 12.4 Å². The second-order valence-electron chi connectivity index (χ2n) is 3.47. The van der Waals surface area contributed by atoms with Crippen LogP contribution in [0.15, 0.2) is 12.4 Å². The molecule has 0 radical (unpaired) electrons. The van der Waals surface area contributed by atoms with Crippen molar-refractivity contribution in [2.45, 2.75) is 6.42 Å². The van der Waals surface area contributed by atoms with Gasteiger partial charge in [-0.1, -0.05) is 0 Å². The van der Waals surface area contributed by atoms with E-state index in [1.54, 1.807) is 6.20 Å². The molecular formula is C10H16N4S. The molecule has 4 nitrogen and oxygen atoms in total. The van der Waals surface area contributed by atoms with Crippen molar-refractivity contribution in [3.63, 3.8) is 0 Å². The summed E-state index contributed by atoms with van der Waals surface area (Å²) in [6.45, 7) is 2.17. The van der Waals surface area contributed by atoms with E-state index in [-0.39, 0.29) is 0 Å². The van der Waals surface area contributed by atoms with Gasteiger partial charge in [-0.15, -0.1) is 0 Å². The van der Waals surface area contributed by atoms with Gasteiger partial charge in [0.2, 0.25) is 0 Å². The molecule has 15 heavy (non-hydrogen) atoms. The van der Waals surface area contributed by atoms with Gasteiger partial charge in [0.1, 0.15) is 11.6 Å². The summed E-state index contributed by atoms with van der Waals surface area (Å²) in [4.78, 5) is 11.0. The Morgan fingerprint density at radius 3 is 3.13 bits per heavy atom. The number of rotatable bonds is 2. The third kappa shape index (κ3) is 2.75. The Hall–Kier alpha value is -0.970. The molecule has 1 aliphatic heterocycles. The highest BCUT2D eigenvalue weighted by molar-refractivity contribution is 7.99. The van der Waals surface area contributed by atoms with Crippen LogP contribution in [0.1, 0.15) is 6.42 Å². The SMILES string of the molecule is CNc1cncc(N2CCCSCC2)n1. The van der Waals surface area contributed by atoms with Crippen LogP contribution >= 0.6 is 11.8 Å². The molecule has 0 atom stereocenters. The fourth-order valence-electron chi connectivity index (χ4n) is 1.60.